The van der Waals surface area contributed by atoms with Crippen molar-refractivity contribution in [1.29, 1.82) is 0 Å². The van der Waals surface area contributed by atoms with Crippen molar-refractivity contribution in [2.24, 2.45) is 0 Å². The Hall–Kier alpha value is -2.27. The van der Waals surface area contributed by atoms with E-state index in [1.165, 1.54) is 18.3 Å². The molecular weight excluding hydrogens is 364 g/mol. The molecule has 1 heterocycles. The van der Waals surface area contributed by atoms with E-state index in [-0.39, 0.29) is 23.6 Å². The predicted octanol–water partition coefficient (Wildman–Crippen LogP) is 5.37. The maximum absolute atomic E-state index is 14.2. The van der Waals surface area contributed by atoms with Crippen LogP contribution in [0.15, 0.2) is 65.3 Å². The lowest BCUT2D eigenvalue weighted by molar-refractivity contribution is 0.295. The van der Waals surface area contributed by atoms with E-state index in [1.807, 2.05) is 30.3 Å². The molecule has 0 saturated heterocycles. The molecule has 23 heavy (non-hydrogen) atoms. The van der Waals surface area contributed by atoms with E-state index in [1.54, 1.807) is 12.1 Å². The lowest BCUT2D eigenvalue weighted by Gasteiger charge is -2.12. The lowest BCUT2D eigenvalue weighted by Crippen LogP contribution is -2.00. The number of pyridine rings is 1. The molecule has 0 aliphatic rings. The summed E-state index contributed by atoms with van der Waals surface area (Å²) in [6.45, 7) is 0.268. The molecule has 0 fully saturated rings. The number of hydrogen-bond donors (Lipinski definition) is 0. The number of halogens is 3. The summed E-state index contributed by atoms with van der Waals surface area (Å²) in [6.07, 6.45) is 1.53. The molecule has 0 aliphatic heterocycles. The zero-order valence-electron chi connectivity index (χ0n) is 12.0. The van der Waals surface area contributed by atoms with Gasteiger partial charge in [-0.05, 0) is 29.8 Å². The summed E-state index contributed by atoms with van der Waals surface area (Å²) < 4.78 is 34.4. The van der Waals surface area contributed by atoms with Crippen LogP contribution in [0.3, 0.4) is 0 Å². The average molecular weight is 376 g/mol. The highest BCUT2D eigenvalue weighted by molar-refractivity contribution is 9.10. The molecular formula is C18H12BrF2NO. The molecule has 2 aromatic carbocycles. The summed E-state index contributed by atoms with van der Waals surface area (Å²) in [5, 5.41) is 0. The van der Waals surface area contributed by atoms with Crippen molar-refractivity contribution in [1.82, 2.24) is 4.98 Å². The van der Waals surface area contributed by atoms with Gasteiger partial charge in [-0.15, -0.1) is 0 Å². The number of nitrogens with zero attached hydrogens (tertiary/aromatic N) is 1. The fourth-order valence-corrected chi connectivity index (χ4v) is 2.62. The van der Waals surface area contributed by atoms with Gasteiger partial charge in [0.25, 0.3) is 0 Å². The Morgan fingerprint density at radius 1 is 0.957 bits per heavy atom. The third-order valence-electron chi connectivity index (χ3n) is 3.27. The van der Waals surface area contributed by atoms with E-state index in [0.717, 1.165) is 5.56 Å². The molecule has 2 nitrogen and oxygen atoms in total. The fraction of sp³-hybridized carbons (Fsp3) is 0.0556. The Bertz CT molecular complexity index is 801. The molecule has 0 atom stereocenters. The minimum absolute atomic E-state index is 0.149. The van der Waals surface area contributed by atoms with E-state index in [2.05, 4.69) is 20.9 Å². The number of benzene rings is 2. The highest BCUT2D eigenvalue weighted by Crippen LogP contribution is 2.34. The molecule has 1 aromatic heterocycles. The summed E-state index contributed by atoms with van der Waals surface area (Å²) >= 11 is 3.07. The van der Waals surface area contributed by atoms with Gasteiger partial charge in [0, 0.05) is 16.2 Å². The molecule has 0 saturated carbocycles. The summed E-state index contributed by atoms with van der Waals surface area (Å²) in [4.78, 5) is 4.11. The molecule has 0 unspecified atom stereocenters. The minimum atomic E-state index is -0.672. The Kier molecular flexibility index (Phi) is 4.67. The predicted molar refractivity (Wildman–Crippen MR) is 88.1 cm³/mol. The van der Waals surface area contributed by atoms with Crippen molar-refractivity contribution in [3.8, 4) is 17.0 Å². The van der Waals surface area contributed by atoms with Crippen LogP contribution in [0.4, 0.5) is 8.78 Å². The van der Waals surface area contributed by atoms with E-state index in [0.29, 0.717) is 4.47 Å². The third kappa shape index (κ3) is 3.56. The van der Waals surface area contributed by atoms with Crippen LogP contribution in [-0.4, -0.2) is 4.98 Å². The first-order chi connectivity index (χ1) is 11.1. The van der Waals surface area contributed by atoms with Crippen molar-refractivity contribution in [3.63, 3.8) is 0 Å². The van der Waals surface area contributed by atoms with Gasteiger partial charge in [-0.25, -0.2) is 13.8 Å². The summed E-state index contributed by atoms with van der Waals surface area (Å²) in [7, 11) is 0. The second-order valence-electron chi connectivity index (χ2n) is 4.87. The van der Waals surface area contributed by atoms with Crippen LogP contribution in [0.25, 0.3) is 11.1 Å². The Balaban J connectivity index is 1.95. The first-order valence-corrected chi connectivity index (χ1v) is 7.71. The van der Waals surface area contributed by atoms with Crippen LogP contribution >= 0.6 is 15.9 Å². The van der Waals surface area contributed by atoms with Crippen LogP contribution in [-0.2, 0) is 6.61 Å². The van der Waals surface area contributed by atoms with E-state index in [9.17, 15) is 8.78 Å². The van der Waals surface area contributed by atoms with Gasteiger partial charge in [0.2, 0.25) is 5.88 Å². The largest absolute Gasteiger partial charge is 0.472 e. The van der Waals surface area contributed by atoms with Gasteiger partial charge in [0.05, 0.1) is 5.56 Å². The van der Waals surface area contributed by atoms with Gasteiger partial charge in [0.1, 0.15) is 18.2 Å². The highest BCUT2D eigenvalue weighted by Gasteiger charge is 2.17. The maximum Gasteiger partial charge on any atom is 0.221 e. The molecule has 3 rings (SSSR count). The second-order valence-corrected chi connectivity index (χ2v) is 5.79. The van der Waals surface area contributed by atoms with Crippen LogP contribution < -0.4 is 4.74 Å². The molecule has 0 N–H and O–H groups in total. The van der Waals surface area contributed by atoms with Gasteiger partial charge in [-0.1, -0.05) is 46.3 Å². The molecule has 0 amide bonds. The summed E-state index contributed by atoms with van der Waals surface area (Å²) in [5.41, 5.74) is 1.08. The topological polar surface area (TPSA) is 22.1 Å². The number of ether oxygens (including phenoxy) is 1. The fourth-order valence-electron chi connectivity index (χ4n) is 2.22. The van der Waals surface area contributed by atoms with Crippen molar-refractivity contribution < 1.29 is 13.5 Å². The average Bonchev–Trinajstić information content (AvgIpc) is 2.54. The van der Waals surface area contributed by atoms with Crippen molar-refractivity contribution in [2.75, 3.05) is 0 Å². The maximum atomic E-state index is 14.2. The molecule has 0 aliphatic carbocycles. The Morgan fingerprint density at radius 3 is 2.35 bits per heavy atom. The first kappa shape index (κ1) is 15.6. The Morgan fingerprint density at radius 2 is 1.65 bits per heavy atom. The van der Waals surface area contributed by atoms with Crippen molar-refractivity contribution in [3.05, 3.63) is 82.5 Å². The standard InChI is InChI=1S/C18H12BrF2NO/c19-13-9-15(20)17(16(21)10-13)14-7-4-8-22-18(14)23-11-12-5-2-1-3-6-12/h1-10H,11H2. The minimum Gasteiger partial charge on any atom is -0.472 e. The van der Waals surface area contributed by atoms with Gasteiger partial charge in [-0.3, -0.25) is 0 Å². The zero-order chi connectivity index (χ0) is 16.2. The van der Waals surface area contributed by atoms with Crippen LogP contribution in [0.1, 0.15) is 5.56 Å². The molecule has 116 valence electrons. The molecule has 0 radical (unpaired) electrons. The summed E-state index contributed by atoms with van der Waals surface area (Å²) in [5.74, 6) is -1.15. The Labute approximate surface area is 140 Å². The normalized spacial score (nSPS) is 10.6. The lowest BCUT2D eigenvalue weighted by atomic mass is 10.1. The van der Waals surface area contributed by atoms with Crippen LogP contribution in [0.2, 0.25) is 0 Å². The highest BCUT2D eigenvalue weighted by atomic mass is 79.9. The van der Waals surface area contributed by atoms with E-state index >= 15 is 0 Å². The SMILES string of the molecule is Fc1cc(Br)cc(F)c1-c1cccnc1OCc1ccccc1. The van der Waals surface area contributed by atoms with Crippen molar-refractivity contribution in [2.45, 2.75) is 6.61 Å². The number of aromatic nitrogens is 1. The van der Waals surface area contributed by atoms with E-state index in [4.69, 9.17) is 4.74 Å². The molecule has 5 heteroatoms. The molecule has 0 spiro atoms. The monoisotopic (exact) mass is 375 g/mol. The van der Waals surface area contributed by atoms with Gasteiger partial charge in [0.15, 0.2) is 0 Å². The first-order valence-electron chi connectivity index (χ1n) is 6.92. The third-order valence-corrected chi connectivity index (χ3v) is 3.72. The quantitative estimate of drug-likeness (QED) is 0.611. The molecule has 0 bridgehead atoms. The van der Waals surface area contributed by atoms with Gasteiger partial charge < -0.3 is 4.74 Å². The van der Waals surface area contributed by atoms with Gasteiger partial charge >= 0.3 is 0 Å². The van der Waals surface area contributed by atoms with Crippen LogP contribution in [0.5, 0.6) is 5.88 Å². The zero-order valence-corrected chi connectivity index (χ0v) is 13.6. The van der Waals surface area contributed by atoms with Crippen LogP contribution in [0, 0.1) is 11.6 Å². The second kappa shape index (κ2) is 6.87. The summed E-state index contributed by atoms with van der Waals surface area (Å²) in [6, 6.07) is 15.1. The van der Waals surface area contributed by atoms with E-state index < -0.39 is 11.6 Å². The van der Waals surface area contributed by atoms with Crippen molar-refractivity contribution >= 4 is 15.9 Å². The van der Waals surface area contributed by atoms with Gasteiger partial charge in [-0.2, -0.15) is 0 Å². The smallest absolute Gasteiger partial charge is 0.221 e. The number of rotatable bonds is 4. The number of hydrogen-bond acceptors (Lipinski definition) is 2. The molecule has 3 aromatic rings.